The summed E-state index contributed by atoms with van der Waals surface area (Å²) in [6.07, 6.45) is 2.56. The fourth-order valence-electron chi connectivity index (χ4n) is 2.75. The van der Waals surface area contributed by atoms with Gasteiger partial charge in [-0.1, -0.05) is 6.07 Å². The average molecular weight is 326 g/mol. The Morgan fingerprint density at radius 1 is 1.39 bits per heavy atom. The molecule has 4 rings (SSSR count). The third kappa shape index (κ3) is 2.75. The van der Waals surface area contributed by atoms with Crippen molar-refractivity contribution in [2.75, 3.05) is 0 Å². The van der Waals surface area contributed by atoms with Gasteiger partial charge in [0.05, 0.1) is 16.0 Å². The smallest absolute Gasteiger partial charge is 0.250 e. The first-order valence-corrected chi connectivity index (χ1v) is 8.58. The van der Waals surface area contributed by atoms with Crippen molar-refractivity contribution in [1.29, 1.82) is 0 Å². The number of thiophene rings is 1. The molecule has 2 aromatic heterocycles. The molecule has 1 aromatic carbocycles. The number of fused-ring (bicyclic) bond motifs is 1. The van der Waals surface area contributed by atoms with Gasteiger partial charge in [-0.05, 0) is 44.0 Å². The SMILES string of the molecule is CC(NC1CC1)c1ccc(-c2nc3c(C(N)=O)cccc3[nH]2)s1. The summed E-state index contributed by atoms with van der Waals surface area (Å²) in [7, 11) is 0. The summed E-state index contributed by atoms with van der Waals surface area (Å²) < 4.78 is 0. The van der Waals surface area contributed by atoms with Gasteiger partial charge in [0, 0.05) is 17.0 Å². The molecule has 0 spiro atoms. The number of rotatable bonds is 5. The van der Waals surface area contributed by atoms with Crippen LogP contribution in [-0.2, 0) is 0 Å². The first-order chi connectivity index (χ1) is 11.1. The summed E-state index contributed by atoms with van der Waals surface area (Å²) in [5.74, 6) is 0.325. The number of hydrogen-bond acceptors (Lipinski definition) is 4. The Kier molecular flexibility index (Phi) is 3.43. The number of aromatic amines is 1. The maximum absolute atomic E-state index is 11.5. The van der Waals surface area contributed by atoms with Crippen LogP contribution in [0.1, 0.15) is 41.0 Å². The van der Waals surface area contributed by atoms with Crippen LogP contribution >= 0.6 is 11.3 Å². The maximum atomic E-state index is 11.5. The molecule has 1 atom stereocenters. The van der Waals surface area contributed by atoms with Gasteiger partial charge in [-0.15, -0.1) is 11.3 Å². The Morgan fingerprint density at radius 2 is 2.22 bits per heavy atom. The lowest BCUT2D eigenvalue weighted by atomic mass is 10.2. The van der Waals surface area contributed by atoms with E-state index in [9.17, 15) is 4.79 Å². The molecule has 1 amide bonds. The molecule has 0 bridgehead atoms. The van der Waals surface area contributed by atoms with E-state index in [4.69, 9.17) is 5.73 Å². The van der Waals surface area contributed by atoms with E-state index in [1.165, 1.54) is 17.7 Å². The molecule has 1 saturated carbocycles. The topological polar surface area (TPSA) is 83.8 Å². The Morgan fingerprint density at radius 3 is 2.96 bits per heavy atom. The fourth-order valence-corrected chi connectivity index (χ4v) is 3.71. The van der Waals surface area contributed by atoms with Crippen molar-refractivity contribution in [3.8, 4) is 10.7 Å². The van der Waals surface area contributed by atoms with Gasteiger partial charge in [0.1, 0.15) is 11.3 Å². The Hall–Kier alpha value is -2.18. The largest absolute Gasteiger partial charge is 0.366 e. The number of imidazole rings is 1. The maximum Gasteiger partial charge on any atom is 0.250 e. The molecule has 0 radical (unpaired) electrons. The van der Waals surface area contributed by atoms with Crippen LogP contribution in [0.15, 0.2) is 30.3 Å². The number of H-pyrrole nitrogens is 1. The normalized spacial score (nSPS) is 15.9. The van der Waals surface area contributed by atoms with Crippen LogP contribution in [0.3, 0.4) is 0 Å². The van der Waals surface area contributed by atoms with E-state index in [0.717, 1.165) is 16.2 Å². The van der Waals surface area contributed by atoms with Crippen molar-refractivity contribution in [3.05, 3.63) is 40.8 Å². The first kappa shape index (κ1) is 14.4. The second-order valence-electron chi connectivity index (χ2n) is 6.02. The van der Waals surface area contributed by atoms with Crippen molar-refractivity contribution in [2.24, 2.45) is 5.73 Å². The predicted octanol–water partition coefficient (Wildman–Crippen LogP) is 3.20. The van der Waals surface area contributed by atoms with Crippen molar-refractivity contribution in [2.45, 2.75) is 31.8 Å². The van der Waals surface area contributed by atoms with E-state index >= 15 is 0 Å². The Labute approximate surface area is 137 Å². The monoisotopic (exact) mass is 326 g/mol. The summed E-state index contributed by atoms with van der Waals surface area (Å²) in [4.78, 5) is 21.8. The number of hydrogen-bond donors (Lipinski definition) is 3. The number of nitrogens with two attached hydrogens (primary N) is 1. The highest BCUT2D eigenvalue weighted by Crippen LogP contribution is 2.33. The van der Waals surface area contributed by atoms with Gasteiger partial charge in [-0.2, -0.15) is 0 Å². The molecular formula is C17H18N4OS. The van der Waals surface area contributed by atoms with E-state index in [2.05, 4.69) is 34.3 Å². The molecule has 4 N–H and O–H groups in total. The molecule has 1 aliphatic rings. The molecule has 1 fully saturated rings. The van der Waals surface area contributed by atoms with Crippen LogP contribution in [0.25, 0.3) is 21.7 Å². The highest BCUT2D eigenvalue weighted by atomic mass is 32.1. The molecule has 5 nitrogen and oxygen atoms in total. The minimum Gasteiger partial charge on any atom is -0.366 e. The van der Waals surface area contributed by atoms with Gasteiger partial charge in [0.25, 0.3) is 5.91 Å². The van der Waals surface area contributed by atoms with E-state index in [1.54, 1.807) is 17.4 Å². The quantitative estimate of drug-likeness (QED) is 0.673. The number of nitrogens with one attached hydrogen (secondary N) is 2. The van der Waals surface area contributed by atoms with Gasteiger partial charge in [-0.3, -0.25) is 4.79 Å². The molecule has 1 unspecified atom stereocenters. The fraction of sp³-hybridized carbons (Fsp3) is 0.294. The number of benzene rings is 1. The zero-order chi connectivity index (χ0) is 16.0. The zero-order valence-corrected chi connectivity index (χ0v) is 13.6. The van der Waals surface area contributed by atoms with Gasteiger partial charge in [0.2, 0.25) is 0 Å². The molecule has 118 valence electrons. The van der Waals surface area contributed by atoms with Gasteiger partial charge < -0.3 is 16.0 Å². The second kappa shape index (κ2) is 5.47. The van der Waals surface area contributed by atoms with Crippen molar-refractivity contribution >= 4 is 28.3 Å². The lowest BCUT2D eigenvalue weighted by Crippen LogP contribution is -2.19. The average Bonchev–Trinajstić information content (AvgIpc) is 3.05. The lowest BCUT2D eigenvalue weighted by Gasteiger charge is -2.10. The predicted molar refractivity (Wildman–Crippen MR) is 92.5 cm³/mol. The summed E-state index contributed by atoms with van der Waals surface area (Å²) in [6.45, 7) is 2.19. The summed E-state index contributed by atoms with van der Waals surface area (Å²) >= 11 is 1.72. The van der Waals surface area contributed by atoms with Crippen LogP contribution in [-0.4, -0.2) is 21.9 Å². The second-order valence-corrected chi connectivity index (χ2v) is 7.13. The molecule has 1 aliphatic carbocycles. The van der Waals surface area contributed by atoms with E-state index in [0.29, 0.717) is 23.2 Å². The Balaban J connectivity index is 1.67. The van der Waals surface area contributed by atoms with Crippen LogP contribution in [0, 0.1) is 0 Å². The summed E-state index contributed by atoms with van der Waals surface area (Å²) in [5, 5.41) is 3.60. The van der Waals surface area contributed by atoms with E-state index < -0.39 is 5.91 Å². The summed E-state index contributed by atoms with van der Waals surface area (Å²) in [5.41, 5.74) is 7.34. The molecular weight excluding hydrogens is 308 g/mol. The zero-order valence-electron chi connectivity index (χ0n) is 12.8. The van der Waals surface area contributed by atoms with Crippen LogP contribution < -0.4 is 11.1 Å². The van der Waals surface area contributed by atoms with E-state index in [1.807, 2.05) is 12.1 Å². The number of carbonyl (C=O) groups excluding carboxylic acids is 1. The minimum absolute atomic E-state index is 0.354. The number of carbonyl (C=O) groups is 1. The Bertz CT molecular complexity index is 878. The number of primary amides is 1. The van der Waals surface area contributed by atoms with Crippen molar-refractivity contribution < 1.29 is 4.79 Å². The third-order valence-corrected chi connectivity index (χ3v) is 5.40. The third-order valence-electron chi connectivity index (χ3n) is 4.13. The van der Waals surface area contributed by atoms with Crippen LogP contribution in [0.4, 0.5) is 0 Å². The molecule has 0 aliphatic heterocycles. The summed E-state index contributed by atoms with van der Waals surface area (Å²) in [6, 6.07) is 10.7. The number of nitrogens with zero attached hydrogens (tertiary/aromatic N) is 1. The highest BCUT2D eigenvalue weighted by Gasteiger charge is 2.24. The minimum atomic E-state index is -0.456. The lowest BCUT2D eigenvalue weighted by molar-refractivity contribution is 0.100. The van der Waals surface area contributed by atoms with Gasteiger partial charge >= 0.3 is 0 Å². The van der Waals surface area contributed by atoms with Crippen molar-refractivity contribution in [3.63, 3.8) is 0 Å². The molecule has 23 heavy (non-hydrogen) atoms. The van der Waals surface area contributed by atoms with Crippen molar-refractivity contribution in [1.82, 2.24) is 15.3 Å². The van der Waals surface area contributed by atoms with Crippen LogP contribution in [0.2, 0.25) is 0 Å². The molecule has 3 aromatic rings. The number of amides is 1. The van der Waals surface area contributed by atoms with Gasteiger partial charge in [-0.25, -0.2) is 4.98 Å². The first-order valence-electron chi connectivity index (χ1n) is 7.76. The van der Waals surface area contributed by atoms with Gasteiger partial charge in [0.15, 0.2) is 0 Å². The number of aromatic nitrogens is 2. The number of para-hydroxylation sites is 1. The molecule has 6 heteroatoms. The standard InChI is InChI=1S/C17H18N4OS/c1-9(19-10-5-6-10)13-7-8-14(23-13)17-20-12-4-2-3-11(16(18)22)15(12)21-17/h2-4,7-10,19H,5-6H2,1H3,(H2,18,22)(H,20,21). The van der Waals surface area contributed by atoms with E-state index in [-0.39, 0.29) is 0 Å². The highest BCUT2D eigenvalue weighted by molar-refractivity contribution is 7.15. The molecule has 0 saturated heterocycles. The van der Waals surface area contributed by atoms with Crippen LogP contribution in [0.5, 0.6) is 0 Å². The molecule has 2 heterocycles.